The summed E-state index contributed by atoms with van der Waals surface area (Å²) >= 11 is 0. The summed E-state index contributed by atoms with van der Waals surface area (Å²) in [6.07, 6.45) is 7.27. The molecule has 2 aliphatic rings. The monoisotopic (exact) mass is 262 g/mol. The van der Waals surface area contributed by atoms with Gasteiger partial charge in [-0.25, -0.2) is 0 Å². The Balaban J connectivity index is 1.64. The van der Waals surface area contributed by atoms with Crippen LogP contribution in [0.3, 0.4) is 0 Å². The first-order chi connectivity index (χ1) is 9.33. The molecule has 0 radical (unpaired) electrons. The molecule has 1 aliphatic carbocycles. The fourth-order valence-corrected chi connectivity index (χ4v) is 3.15. The van der Waals surface area contributed by atoms with E-state index in [4.69, 9.17) is 4.74 Å². The molecule has 1 saturated heterocycles. The lowest BCUT2D eigenvalue weighted by Gasteiger charge is -2.29. The van der Waals surface area contributed by atoms with Crippen LogP contribution < -0.4 is 10.9 Å². The number of pyridine rings is 1. The molecule has 0 spiro atoms. The molecule has 2 heterocycles. The predicted octanol–water partition coefficient (Wildman–Crippen LogP) is 1.91. The van der Waals surface area contributed by atoms with E-state index < -0.39 is 0 Å². The molecule has 2 N–H and O–H groups in total. The Labute approximate surface area is 113 Å². The van der Waals surface area contributed by atoms with Crippen LogP contribution in [-0.4, -0.2) is 24.2 Å². The van der Waals surface area contributed by atoms with Gasteiger partial charge in [-0.1, -0.05) is 6.07 Å². The summed E-state index contributed by atoms with van der Waals surface area (Å²) in [6, 6.07) is 3.98. The Kier molecular flexibility index (Phi) is 3.99. The van der Waals surface area contributed by atoms with Gasteiger partial charge in [0, 0.05) is 31.0 Å². The first-order valence-electron chi connectivity index (χ1n) is 7.40. The molecule has 1 aromatic heterocycles. The molecule has 4 heteroatoms. The molecule has 0 saturated carbocycles. The number of nitrogens with one attached hydrogen (secondary N) is 2. The van der Waals surface area contributed by atoms with Gasteiger partial charge in [0.15, 0.2) is 0 Å². The highest BCUT2D eigenvalue weighted by Crippen LogP contribution is 2.27. The highest BCUT2D eigenvalue weighted by Gasteiger charge is 2.22. The number of ether oxygens (including phenoxy) is 1. The number of aryl methyl sites for hydroxylation is 1. The van der Waals surface area contributed by atoms with Crippen LogP contribution in [0, 0.1) is 0 Å². The first-order valence-corrected chi connectivity index (χ1v) is 7.40. The van der Waals surface area contributed by atoms with E-state index in [0.717, 1.165) is 44.5 Å². The normalized spacial score (nSPS) is 26.9. The van der Waals surface area contributed by atoms with Gasteiger partial charge in [0.2, 0.25) is 5.56 Å². The van der Waals surface area contributed by atoms with Crippen molar-refractivity contribution in [3.63, 3.8) is 0 Å². The minimum absolute atomic E-state index is 0.00927. The maximum absolute atomic E-state index is 11.4. The lowest BCUT2D eigenvalue weighted by atomic mass is 9.91. The number of aromatic nitrogens is 1. The van der Waals surface area contributed by atoms with E-state index in [1.807, 2.05) is 6.07 Å². The molecule has 1 aromatic rings. The maximum Gasteiger partial charge on any atom is 0.248 e. The average Bonchev–Trinajstić information content (AvgIpc) is 2.45. The number of H-pyrrole nitrogens is 1. The van der Waals surface area contributed by atoms with Crippen LogP contribution >= 0.6 is 0 Å². The van der Waals surface area contributed by atoms with Gasteiger partial charge in [-0.2, -0.15) is 0 Å². The van der Waals surface area contributed by atoms with Crippen molar-refractivity contribution in [1.29, 1.82) is 0 Å². The zero-order valence-corrected chi connectivity index (χ0v) is 11.3. The summed E-state index contributed by atoms with van der Waals surface area (Å²) in [6.45, 7) is 1.82. The van der Waals surface area contributed by atoms with Gasteiger partial charge in [0.1, 0.15) is 0 Å². The second-order valence-corrected chi connectivity index (χ2v) is 5.60. The van der Waals surface area contributed by atoms with Gasteiger partial charge >= 0.3 is 0 Å². The predicted molar refractivity (Wildman–Crippen MR) is 74.3 cm³/mol. The standard InChI is InChI=1S/C15H22N2O2/c18-15-8-7-12-13(5-3-6-14(12)17-15)16-10-11-4-1-2-9-19-11/h7-8,11,13,16H,1-6,9-10H2,(H,17,18). The molecule has 2 unspecified atom stereocenters. The van der Waals surface area contributed by atoms with Gasteiger partial charge in [0.25, 0.3) is 0 Å². The van der Waals surface area contributed by atoms with Crippen molar-refractivity contribution in [2.24, 2.45) is 0 Å². The molecule has 3 rings (SSSR count). The van der Waals surface area contributed by atoms with Gasteiger partial charge in [0.05, 0.1) is 6.10 Å². The summed E-state index contributed by atoms with van der Waals surface area (Å²) in [5.74, 6) is 0. The van der Waals surface area contributed by atoms with E-state index in [2.05, 4.69) is 10.3 Å². The molecular weight excluding hydrogens is 240 g/mol. The van der Waals surface area contributed by atoms with Crippen molar-refractivity contribution < 1.29 is 4.74 Å². The van der Waals surface area contributed by atoms with Crippen molar-refractivity contribution in [2.45, 2.75) is 50.7 Å². The lowest BCUT2D eigenvalue weighted by molar-refractivity contribution is 0.0150. The second-order valence-electron chi connectivity index (χ2n) is 5.60. The number of hydrogen-bond acceptors (Lipinski definition) is 3. The molecule has 104 valence electrons. The fraction of sp³-hybridized carbons (Fsp3) is 0.667. The molecule has 1 aliphatic heterocycles. The fourth-order valence-electron chi connectivity index (χ4n) is 3.15. The summed E-state index contributed by atoms with van der Waals surface area (Å²) < 4.78 is 5.76. The van der Waals surface area contributed by atoms with Gasteiger partial charge in [-0.05, 0) is 44.1 Å². The first kappa shape index (κ1) is 12.9. The van der Waals surface area contributed by atoms with E-state index in [0.29, 0.717) is 12.1 Å². The highest BCUT2D eigenvalue weighted by atomic mass is 16.5. The zero-order valence-electron chi connectivity index (χ0n) is 11.3. The van der Waals surface area contributed by atoms with E-state index in [-0.39, 0.29) is 5.56 Å². The molecule has 0 bridgehead atoms. The Hall–Kier alpha value is -1.13. The quantitative estimate of drug-likeness (QED) is 0.875. The smallest absolute Gasteiger partial charge is 0.248 e. The Morgan fingerprint density at radius 1 is 1.26 bits per heavy atom. The molecular formula is C15H22N2O2. The minimum atomic E-state index is 0.00927. The molecule has 0 aromatic carbocycles. The summed E-state index contributed by atoms with van der Waals surface area (Å²) in [5, 5.41) is 3.62. The molecule has 2 atom stereocenters. The van der Waals surface area contributed by atoms with Crippen LogP contribution in [-0.2, 0) is 11.2 Å². The summed E-state index contributed by atoms with van der Waals surface area (Å²) in [5.41, 5.74) is 2.39. The van der Waals surface area contributed by atoms with Crippen LogP contribution in [0.2, 0.25) is 0 Å². The molecule has 1 fully saturated rings. The summed E-state index contributed by atoms with van der Waals surface area (Å²) in [4.78, 5) is 14.3. The molecule has 19 heavy (non-hydrogen) atoms. The Bertz CT molecular complexity index is 477. The van der Waals surface area contributed by atoms with Gasteiger partial charge in [-0.3, -0.25) is 4.79 Å². The van der Waals surface area contributed by atoms with Crippen molar-refractivity contribution in [1.82, 2.24) is 10.3 Å². The number of fused-ring (bicyclic) bond motifs is 1. The highest BCUT2D eigenvalue weighted by molar-refractivity contribution is 5.26. The van der Waals surface area contributed by atoms with Crippen LogP contribution in [0.5, 0.6) is 0 Å². The van der Waals surface area contributed by atoms with Crippen LogP contribution in [0.4, 0.5) is 0 Å². The number of hydrogen-bond donors (Lipinski definition) is 2. The van der Waals surface area contributed by atoms with Crippen LogP contribution in [0.1, 0.15) is 49.4 Å². The molecule has 4 nitrogen and oxygen atoms in total. The van der Waals surface area contributed by atoms with Gasteiger partial charge < -0.3 is 15.0 Å². The van der Waals surface area contributed by atoms with Gasteiger partial charge in [-0.15, -0.1) is 0 Å². The number of rotatable bonds is 3. The minimum Gasteiger partial charge on any atom is -0.377 e. The third-order valence-electron chi connectivity index (χ3n) is 4.20. The van der Waals surface area contributed by atoms with Crippen LogP contribution in [0.25, 0.3) is 0 Å². The SMILES string of the molecule is O=c1ccc2c([nH]1)CCCC2NCC1CCCCO1. The number of aromatic amines is 1. The van der Waals surface area contributed by atoms with Crippen molar-refractivity contribution in [3.05, 3.63) is 33.7 Å². The third-order valence-corrected chi connectivity index (χ3v) is 4.20. The lowest BCUT2D eigenvalue weighted by Crippen LogP contribution is -2.35. The largest absolute Gasteiger partial charge is 0.377 e. The van der Waals surface area contributed by atoms with E-state index in [1.165, 1.54) is 18.4 Å². The summed E-state index contributed by atoms with van der Waals surface area (Å²) in [7, 11) is 0. The Morgan fingerprint density at radius 2 is 2.21 bits per heavy atom. The van der Waals surface area contributed by atoms with Crippen molar-refractivity contribution >= 4 is 0 Å². The maximum atomic E-state index is 11.4. The van der Waals surface area contributed by atoms with E-state index in [9.17, 15) is 4.79 Å². The van der Waals surface area contributed by atoms with Crippen molar-refractivity contribution in [2.75, 3.05) is 13.2 Å². The van der Waals surface area contributed by atoms with E-state index >= 15 is 0 Å². The second kappa shape index (κ2) is 5.88. The third kappa shape index (κ3) is 3.07. The Morgan fingerprint density at radius 3 is 3.05 bits per heavy atom. The van der Waals surface area contributed by atoms with Crippen molar-refractivity contribution in [3.8, 4) is 0 Å². The van der Waals surface area contributed by atoms with E-state index in [1.54, 1.807) is 6.07 Å². The topological polar surface area (TPSA) is 54.1 Å². The molecule has 0 amide bonds. The average molecular weight is 262 g/mol. The van der Waals surface area contributed by atoms with Crippen LogP contribution in [0.15, 0.2) is 16.9 Å². The zero-order chi connectivity index (χ0) is 13.1.